The van der Waals surface area contributed by atoms with Crippen molar-refractivity contribution in [2.75, 3.05) is 31.1 Å². The van der Waals surface area contributed by atoms with E-state index in [0.717, 1.165) is 40.8 Å². The third-order valence-corrected chi connectivity index (χ3v) is 5.60. The quantitative estimate of drug-likeness (QED) is 0.573. The Kier molecular flexibility index (Phi) is 4.20. The number of hydrogen-bond acceptors (Lipinski definition) is 4. The Hall–Kier alpha value is -2.99. The van der Waals surface area contributed by atoms with Crippen molar-refractivity contribution in [2.45, 2.75) is 6.42 Å². The number of H-pyrrole nitrogens is 1. The smallest absolute Gasteiger partial charge is 0.227 e. The molecule has 2 aromatic heterocycles. The third-order valence-electron chi connectivity index (χ3n) is 5.36. The first-order valence-corrected chi connectivity index (χ1v) is 9.69. The van der Waals surface area contributed by atoms with Crippen LogP contribution in [0, 0.1) is 0 Å². The highest BCUT2D eigenvalue weighted by Gasteiger charge is 2.25. The highest BCUT2D eigenvalue weighted by atomic mass is 35.5. The number of amides is 1. The van der Waals surface area contributed by atoms with E-state index in [9.17, 15) is 4.79 Å². The molecule has 1 amide bonds. The van der Waals surface area contributed by atoms with Crippen LogP contribution in [0.25, 0.3) is 21.9 Å². The average molecular weight is 395 g/mol. The number of aromatic amines is 1. The van der Waals surface area contributed by atoms with Gasteiger partial charge in [-0.3, -0.25) is 4.79 Å². The molecule has 5 rings (SSSR count). The Bertz CT molecular complexity index is 1160. The first kappa shape index (κ1) is 17.1. The van der Waals surface area contributed by atoms with E-state index >= 15 is 0 Å². The fraction of sp³-hybridized carbons (Fsp3) is 0.238. The van der Waals surface area contributed by atoms with Crippen LogP contribution in [0.2, 0.25) is 5.02 Å². The fourth-order valence-electron chi connectivity index (χ4n) is 3.85. The zero-order chi connectivity index (χ0) is 19.1. The number of aromatic nitrogens is 2. The summed E-state index contributed by atoms with van der Waals surface area (Å²) in [5.41, 5.74) is 2.79. The monoisotopic (exact) mass is 394 g/mol. The Morgan fingerprint density at radius 3 is 2.79 bits per heavy atom. The van der Waals surface area contributed by atoms with Gasteiger partial charge in [0.1, 0.15) is 0 Å². The summed E-state index contributed by atoms with van der Waals surface area (Å²) >= 11 is 6.01. The zero-order valence-electron chi connectivity index (χ0n) is 15.2. The van der Waals surface area contributed by atoms with Gasteiger partial charge in [0.05, 0.1) is 11.8 Å². The summed E-state index contributed by atoms with van der Waals surface area (Å²) in [6.07, 6.45) is 2.35. The molecule has 1 saturated heterocycles. The van der Waals surface area contributed by atoms with Gasteiger partial charge in [-0.05, 0) is 23.8 Å². The second kappa shape index (κ2) is 6.87. The SMILES string of the molecule is O=C(Cc1c[nH]c2ccccc12)N1CCN(c2noc3cc(Cl)ccc23)CC1. The molecule has 1 aliphatic heterocycles. The number of benzene rings is 2. The van der Waals surface area contributed by atoms with Crippen molar-refractivity contribution in [2.24, 2.45) is 0 Å². The largest absolute Gasteiger partial charge is 0.361 e. The van der Waals surface area contributed by atoms with E-state index in [4.69, 9.17) is 16.1 Å². The summed E-state index contributed by atoms with van der Waals surface area (Å²) in [4.78, 5) is 20.1. The number of carbonyl (C=O) groups excluding carboxylic acids is 1. The van der Waals surface area contributed by atoms with Gasteiger partial charge in [-0.25, -0.2) is 0 Å². The highest BCUT2D eigenvalue weighted by Crippen LogP contribution is 2.29. The molecular formula is C21H19ClN4O2. The van der Waals surface area contributed by atoms with Crippen LogP contribution >= 0.6 is 11.6 Å². The van der Waals surface area contributed by atoms with E-state index < -0.39 is 0 Å². The van der Waals surface area contributed by atoms with Crippen LogP contribution in [0.3, 0.4) is 0 Å². The van der Waals surface area contributed by atoms with Crippen molar-refractivity contribution in [1.29, 1.82) is 0 Å². The molecule has 0 unspecified atom stereocenters. The molecular weight excluding hydrogens is 376 g/mol. The van der Waals surface area contributed by atoms with Gasteiger partial charge in [0.2, 0.25) is 5.91 Å². The Morgan fingerprint density at radius 2 is 1.93 bits per heavy atom. The van der Waals surface area contributed by atoms with Crippen LogP contribution in [-0.2, 0) is 11.2 Å². The number of anilines is 1. The van der Waals surface area contributed by atoms with E-state index in [1.807, 2.05) is 47.5 Å². The minimum atomic E-state index is 0.154. The van der Waals surface area contributed by atoms with Gasteiger partial charge >= 0.3 is 0 Å². The molecule has 0 atom stereocenters. The number of piperazine rings is 1. The summed E-state index contributed by atoms with van der Waals surface area (Å²) < 4.78 is 5.41. The summed E-state index contributed by atoms with van der Waals surface area (Å²) in [7, 11) is 0. The van der Waals surface area contributed by atoms with E-state index in [1.165, 1.54) is 0 Å². The topological polar surface area (TPSA) is 65.4 Å². The number of nitrogens with one attached hydrogen (secondary N) is 1. The van der Waals surface area contributed by atoms with E-state index in [-0.39, 0.29) is 5.91 Å². The lowest BCUT2D eigenvalue weighted by atomic mass is 10.1. The number of para-hydroxylation sites is 1. The normalized spacial score (nSPS) is 14.9. The fourth-order valence-corrected chi connectivity index (χ4v) is 4.01. The molecule has 1 fully saturated rings. The van der Waals surface area contributed by atoms with Crippen LogP contribution in [0.5, 0.6) is 0 Å². The lowest BCUT2D eigenvalue weighted by Crippen LogP contribution is -2.49. The first-order valence-electron chi connectivity index (χ1n) is 9.32. The maximum atomic E-state index is 12.8. The van der Waals surface area contributed by atoms with Crippen molar-refractivity contribution in [3.05, 3.63) is 59.2 Å². The lowest BCUT2D eigenvalue weighted by molar-refractivity contribution is -0.130. The minimum Gasteiger partial charge on any atom is -0.361 e. The molecule has 3 heterocycles. The van der Waals surface area contributed by atoms with Crippen molar-refractivity contribution in [3.8, 4) is 0 Å². The number of rotatable bonds is 3. The van der Waals surface area contributed by atoms with Crippen molar-refractivity contribution >= 4 is 45.2 Å². The summed E-state index contributed by atoms with van der Waals surface area (Å²) in [5.74, 6) is 0.969. The van der Waals surface area contributed by atoms with E-state index in [0.29, 0.717) is 30.1 Å². The molecule has 7 heteroatoms. The second-order valence-corrected chi connectivity index (χ2v) is 7.49. The molecule has 1 N–H and O–H groups in total. The number of carbonyl (C=O) groups is 1. The van der Waals surface area contributed by atoms with Crippen molar-refractivity contribution in [1.82, 2.24) is 15.0 Å². The number of halogens is 1. The van der Waals surface area contributed by atoms with Gasteiger partial charge in [0.15, 0.2) is 11.4 Å². The molecule has 6 nitrogen and oxygen atoms in total. The number of nitrogens with zero attached hydrogens (tertiary/aromatic N) is 3. The van der Waals surface area contributed by atoms with E-state index in [2.05, 4.69) is 15.0 Å². The molecule has 0 spiro atoms. The molecule has 28 heavy (non-hydrogen) atoms. The van der Waals surface area contributed by atoms with Crippen LogP contribution in [-0.4, -0.2) is 47.1 Å². The van der Waals surface area contributed by atoms with Crippen molar-refractivity contribution in [3.63, 3.8) is 0 Å². The molecule has 1 aliphatic rings. The first-order chi connectivity index (χ1) is 13.7. The van der Waals surface area contributed by atoms with Gasteiger partial charge in [-0.2, -0.15) is 0 Å². The predicted octanol–water partition coefficient (Wildman–Crippen LogP) is 3.85. The van der Waals surface area contributed by atoms with Gasteiger partial charge < -0.3 is 19.3 Å². The third kappa shape index (κ3) is 2.99. The van der Waals surface area contributed by atoms with Crippen LogP contribution in [0.4, 0.5) is 5.82 Å². The van der Waals surface area contributed by atoms with Gasteiger partial charge in [-0.15, -0.1) is 0 Å². The van der Waals surface area contributed by atoms with Gasteiger partial charge in [0.25, 0.3) is 0 Å². The van der Waals surface area contributed by atoms with Crippen molar-refractivity contribution < 1.29 is 9.32 Å². The minimum absolute atomic E-state index is 0.154. The maximum Gasteiger partial charge on any atom is 0.227 e. The molecule has 4 aromatic rings. The molecule has 0 bridgehead atoms. The highest BCUT2D eigenvalue weighted by molar-refractivity contribution is 6.31. The maximum absolute atomic E-state index is 12.8. The van der Waals surface area contributed by atoms with Gasteiger partial charge in [0, 0.05) is 54.4 Å². The standard InChI is InChI=1S/C21H19ClN4O2/c22-15-5-6-17-19(12-15)28-24-21(17)26-9-7-25(8-10-26)20(27)11-14-13-23-18-4-2-1-3-16(14)18/h1-6,12-13,23H,7-11H2. The Morgan fingerprint density at radius 1 is 1.11 bits per heavy atom. The summed E-state index contributed by atoms with van der Waals surface area (Å²) in [6.45, 7) is 2.79. The Labute approximate surface area is 166 Å². The summed E-state index contributed by atoms with van der Waals surface area (Å²) in [6, 6.07) is 13.6. The predicted molar refractivity (Wildman–Crippen MR) is 110 cm³/mol. The van der Waals surface area contributed by atoms with Gasteiger partial charge in [-0.1, -0.05) is 35.0 Å². The lowest BCUT2D eigenvalue weighted by Gasteiger charge is -2.34. The zero-order valence-corrected chi connectivity index (χ0v) is 15.9. The van der Waals surface area contributed by atoms with E-state index in [1.54, 1.807) is 6.07 Å². The molecule has 2 aromatic carbocycles. The average Bonchev–Trinajstić information content (AvgIpc) is 3.32. The van der Waals surface area contributed by atoms with Crippen LogP contribution in [0.1, 0.15) is 5.56 Å². The molecule has 0 aliphatic carbocycles. The number of hydrogen-bond donors (Lipinski definition) is 1. The number of fused-ring (bicyclic) bond motifs is 2. The van der Waals surface area contributed by atoms with Crippen LogP contribution in [0.15, 0.2) is 53.2 Å². The summed E-state index contributed by atoms with van der Waals surface area (Å²) in [5, 5.41) is 6.90. The molecule has 0 radical (unpaired) electrons. The van der Waals surface area contributed by atoms with Crippen LogP contribution < -0.4 is 4.90 Å². The molecule has 0 saturated carbocycles. The Balaban J connectivity index is 1.27. The second-order valence-electron chi connectivity index (χ2n) is 7.05. The molecule has 142 valence electrons.